The summed E-state index contributed by atoms with van der Waals surface area (Å²) in [4.78, 5) is 11.3. The van der Waals surface area contributed by atoms with Gasteiger partial charge < -0.3 is 4.74 Å². The SMILES string of the molecule is [2H]C([2H])([2H])c1ccc2c3c1c1ccc(Oc4ccc5c(c4)c4nc6c7n4c4c(ccc(C([2H])([2H])[2H])c54)C(C)(C)C7(C)CC(C)(C)c4ccccc4-6)cc1c1nc4c(n13)C(C)(CC(C)(C)c1ccccc1-4)C2(C)C. The van der Waals surface area contributed by atoms with Gasteiger partial charge in [-0.05, 0) is 118 Å². The first kappa shape index (κ1) is 33.9. The zero-order valence-corrected chi connectivity index (χ0v) is 40.0. The number of ether oxygens (including phenoxy) is 1. The molecule has 5 heteroatoms. The Morgan fingerprint density at radius 3 is 1.31 bits per heavy atom. The monoisotopic (exact) mass is 880 g/mol. The van der Waals surface area contributed by atoms with E-state index in [2.05, 4.69) is 139 Å². The van der Waals surface area contributed by atoms with Crippen LogP contribution in [0.1, 0.15) is 135 Å². The highest BCUT2D eigenvalue weighted by Crippen LogP contribution is 2.63. The molecule has 2 atom stereocenters. The smallest absolute Gasteiger partial charge is 0.146 e. The molecule has 6 aromatic carbocycles. The lowest BCUT2D eigenvalue weighted by molar-refractivity contribution is 0.204. The molecule has 0 radical (unpaired) electrons. The van der Waals surface area contributed by atoms with Crippen molar-refractivity contribution in [1.29, 1.82) is 0 Å². The summed E-state index contributed by atoms with van der Waals surface area (Å²) in [5.41, 5.74) is 13.0. The van der Waals surface area contributed by atoms with E-state index in [1.165, 1.54) is 11.1 Å². The zero-order chi connectivity index (χ0) is 51.3. The van der Waals surface area contributed by atoms with Gasteiger partial charge >= 0.3 is 0 Å². The Morgan fingerprint density at radius 2 is 0.896 bits per heavy atom. The Balaban J connectivity index is 1.05. The van der Waals surface area contributed by atoms with Crippen molar-refractivity contribution in [3.05, 3.63) is 154 Å². The fourth-order valence-electron chi connectivity index (χ4n) is 14.7. The van der Waals surface area contributed by atoms with E-state index < -0.39 is 35.4 Å². The molecular formula is C62H58N4O. The molecule has 2 unspecified atom stereocenters. The van der Waals surface area contributed by atoms with Crippen LogP contribution in [0.2, 0.25) is 0 Å². The van der Waals surface area contributed by atoms with E-state index >= 15 is 0 Å². The van der Waals surface area contributed by atoms with Gasteiger partial charge in [0.1, 0.15) is 22.8 Å². The number of hydrogen-bond donors (Lipinski definition) is 0. The normalized spacial score (nSPS) is 23.9. The Kier molecular flexibility index (Phi) is 6.06. The highest BCUT2D eigenvalue weighted by Gasteiger charge is 2.57. The summed E-state index contributed by atoms with van der Waals surface area (Å²) in [5.74, 6) is 1.13. The van der Waals surface area contributed by atoms with Gasteiger partial charge in [0, 0.05) is 62.6 Å². The number of fused-ring (bicyclic) bond motifs is 10. The summed E-state index contributed by atoms with van der Waals surface area (Å²) in [7, 11) is 0. The molecule has 0 bridgehead atoms. The van der Waals surface area contributed by atoms with Crippen LogP contribution in [0, 0.1) is 13.7 Å². The van der Waals surface area contributed by atoms with Crippen molar-refractivity contribution in [2.24, 2.45) is 0 Å². The summed E-state index contributed by atoms with van der Waals surface area (Å²) < 4.78 is 65.0. The second-order valence-corrected chi connectivity index (χ2v) is 23.3. The minimum Gasteiger partial charge on any atom is -0.457 e. The van der Waals surface area contributed by atoms with Crippen molar-refractivity contribution in [3.8, 4) is 34.0 Å². The molecule has 332 valence electrons. The third-order valence-electron chi connectivity index (χ3n) is 18.4. The molecule has 0 amide bonds. The van der Waals surface area contributed by atoms with E-state index in [-0.39, 0.29) is 10.8 Å². The maximum atomic E-state index is 8.90. The Bertz CT molecular complexity index is 3940. The molecule has 2 aliphatic carbocycles. The summed E-state index contributed by atoms with van der Waals surface area (Å²) in [6, 6.07) is 37.0. The number of benzene rings is 6. The largest absolute Gasteiger partial charge is 0.457 e. The van der Waals surface area contributed by atoms with E-state index in [0.29, 0.717) is 33.4 Å². The van der Waals surface area contributed by atoms with Gasteiger partial charge in [-0.3, -0.25) is 8.80 Å². The Morgan fingerprint density at radius 1 is 0.478 bits per heavy atom. The molecule has 67 heavy (non-hydrogen) atoms. The molecule has 2 aliphatic heterocycles. The minimum absolute atomic E-state index is 0.186. The minimum atomic E-state index is -2.39. The van der Waals surface area contributed by atoms with Gasteiger partial charge in [0.25, 0.3) is 0 Å². The van der Waals surface area contributed by atoms with E-state index in [0.717, 1.165) is 102 Å². The predicted molar refractivity (Wildman–Crippen MR) is 277 cm³/mol. The maximum Gasteiger partial charge on any atom is 0.146 e. The molecule has 5 nitrogen and oxygen atoms in total. The van der Waals surface area contributed by atoms with Crippen molar-refractivity contribution < 1.29 is 13.0 Å². The van der Waals surface area contributed by atoms with Crippen LogP contribution < -0.4 is 4.74 Å². The van der Waals surface area contributed by atoms with E-state index in [1.807, 2.05) is 48.5 Å². The van der Waals surface area contributed by atoms with Crippen molar-refractivity contribution in [2.75, 3.05) is 0 Å². The van der Waals surface area contributed by atoms with Gasteiger partial charge in [0.2, 0.25) is 0 Å². The van der Waals surface area contributed by atoms with Crippen LogP contribution in [0.4, 0.5) is 0 Å². The molecule has 0 spiro atoms. The fourth-order valence-corrected chi connectivity index (χ4v) is 14.7. The quantitative estimate of drug-likeness (QED) is 0.163. The molecule has 0 saturated heterocycles. The van der Waals surface area contributed by atoms with Crippen LogP contribution in [0.25, 0.3) is 77.2 Å². The molecule has 0 N–H and O–H groups in total. The third kappa shape index (κ3) is 4.49. The third-order valence-corrected chi connectivity index (χ3v) is 18.4. The number of pyridine rings is 2. The summed E-state index contributed by atoms with van der Waals surface area (Å²) in [5, 5.41) is 4.63. The second-order valence-electron chi connectivity index (χ2n) is 23.3. The van der Waals surface area contributed by atoms with E-state index in [1.54, 1.807) is 0 Å². The molecule has 14 rings (SSSR count). The lowest BCUT2D eigenvalue weighted by Gasteiger charge is -2.50. The van der Waals surface area contributed by atoms with Crippen molar-refractivity contribution in [3.63, 3.8) is 0 Å². The average Bonchev–Trinajstić information content (AvgIpc) is 3.90. The number of aryl methyl sites for hydroxylation is 2. The Hall–Kier alpha value is -6.46. The fraction of sp³-hybridized carbons (Fsp3) is 0.323. The van der Waals surface area contributed by atoms with Gasteiger partial charge in [0.15, 0.2) is 0 Å². The molecule has 4 aliphatic rings. The summed E-state index contributed by atoms with van der Waals surface area (Å²) in [6.07, 6.45) is 1.71. The van der Waals surface area contributed by atoms with Gasteiger partial charge in [-0.2, -0.15) is 0 Å². The predicted octanol–water partition coefficient (Wildman–Crippen LogP) is 15.8. The van der Waals surface area contributed by atoms with E-state index in [4.69, 9.17) is 22.9 Å². The number of imidazole rings is 2. The second kappa shape index (κ2) is 12.0. The van der Waals surface area contributed by atoms with Crippen LogP contribution in [0.15, 0.2) is 109 Å². The van der Waals surface area contributed by atoms with E-state index in [9.17, 15) is 0 Å². The first-order chi connectivity index (χ1) is 34.2. The van der Waals surface area contributed by atoms with Gasteiger partial charge in [-0.1, -0.05) is 142 Å². The number of aromatic nitrogens is 4. The van der Waals surface area contributed by atoms with Crippen molar-refractivity contribution in [2.45, 2.75) is 128 Å². The van der Waals surface area contributed by atoms with Gasteiger partial charge in [0.05, 0.1) is 33.8 Å². The maximum absolute atomic E-state index is 8.90. The van der Waals surface area contributed by atoms with Crippen molar-refractivity contribution in [1.82, 2.24) is 18.8 Å². The number of nitrogens with zero attached hydrogens (tertiary/aromatic N) is 4. The molecule has 10 aromatic rings. The van der Waals surface area contributed by atoms with Crippen molar-refractivity contribution >= 4 is 54.6 Å². The topological polar surface area (TPSA) is 43.8 Å². The van der Waals surface area contributed by atoms with Crippen LogP contribution in [-0.4, -0.2) is 18.8 Å². The average molecular weight is 881 g/mol. The number of rotatable bonds is 2. The molecule has 4 aromatic heterocycles. The number of hydrogen-bond acceptors (Lipinski definition) is 3. The van der Waals surface area contributed by atoms with Gasteiger partial charge in [-0.25, -0.2) is 9.97 Å². The first-order valence-electron chi connectivity index (χ1n) is 27.0. The van der Waals surface area contributed by atoms with Crippen LogP contribution >= 0.6 is 0 Å². The lowest BCUT2D eigenvalue weighted by Crippen LogP contribution is -2.49. The van der Waals surface area contributed by atoms with Crippen LogP contribution in [-0.2, 0) is 32.5 Å². The molecule has 0 fully saturated rings. The molecule has 6 heterocycles. The highest BCUT2D eigenvalue weighted by molar-refractivity contribution is 6.17. The lowest BCUT2D eigenvalue weighted by atomic mass is 9.55. The Labute approximate surface area is 401 Å². The molecular weight excluding hydrogens is 817 g/mol. The molecule has 0 saturated carbocycles. The van der Waals surface area contributed by atoms with Gasteiger partial charge in [-0.15, -0.1) is 0 Å². The van der Waals surface area contributed by atoms with Crippen LogP contribution in [0.5, 0.6) is 11.5 Å². The van der Waals surface area contributed by atoms with Crippen LogP contribution in [0.3, 0.4) is 0 Å². The highest BCUT2D eigenvalue weighted by atomic mass is 16.5. The first-order valence-corrected chi connectivity index (χ1v) is 24.0. The summed E-state index contributed by atoms with van der Waals surface area (Å²) in [6.45, 7) is 18.6. The summed E-state index contributed by atoms with van der Waals surface area (Å²) >= 11 is 0. The standard InChI is InChI=1S/C62H58N4O/c1-33-21-27-45-51-47(33)37-25-23-35(29-41(37)55-63-49-39-17-13-15-19-43(39)57(3,4)31-61(11,59(45,7)8)53(49)65(51)55)67-36-24-26-38-42(30-36)56-64-50-40-18-14-16-20-44(40)58(5,6)32-62(12)54(50)66(56)52-46(60(62,9)10)28-22-34(2)48(38)52/h13-30H,31-32H2,1-12H3/i1D3,2D3. The zero-order valence-electron chi connectivity index (χ0n) is 46.0.